The average molecular weight is 196 g/mol. The maximum atomic E-state index is 4.11. The first kappa shape index (κ1) is 11.2. The van der Waals surface area contributed by atoms with Gasteiger partial charge in [0.25, 0.3) is 0 Å². The van der Waals surface area contributed by atoms with Crippen molar-refractivity contribution in [2.45, 2.75) is 39.7 Å². The molecule has 0 amide bonds. The molecule has 14 heavy (non-hydrogen) atoms. The third-order valence-corrected chi connectivity index (χ3v) is 2.27. The summed E-state index contributed by atoms with van der Waals surface area (Å²) in [5.74, 6) is 0.739. The van der Waals surface area contributed by atoms with E-state index in [2.05, 4.69) is 41.5 Å². The predicted octanol–water partition coefficient (Wildman–Crippen LogP) is 1.89. The molecule has 4 heteroatoms. The van der Waals surface area contributed by atoms with Gasteiger partial charge < -0.3 is 5.32 Å². The van der Waals surface area contributed by atoms with Gasteiger partial charge in [-0.3, -0.25) is 0 Å². The molecule has 0 aliphatic carbocycles. The van der Waals surface area contributed by atoms with Crippen LogP contribution in [0.25, 0.3) is 0 Å². The largest absolute Gasteiger partial charge is 0.309 e. The molecule has 0 spiro atoms. The Morgan fingerprint density at radius 2 is 2.21 bits per heavy atom. The number of aromatic amines is 1. The summed E-state index contributed by atoms with van der Waals surface area (Å²) in [6.45, 7) is 7.57. The number of rotatable bonds is 6. The van der Waals surface area contributed by atoms with Crippen LogP contribution in [0.2, 0.25) is 0 Å². The predicted molar refractivity (Wildman–Crippen MR) is 56.9 cm³/mol. The highest BCUT2D eigenvalue weighted by Gasteiger charge is 2.12. The lowest BCUT2D eigenvalue weighted by atomic mass is 10.0. The molecular formula is C10H20N4. The third kappa shape index (κ3) is 3.46. The van der Waals surface area contributed by atoms with Crippen molar-refractivity contribution < 1.29 is 0 Å². The summed E-state index contributed by atoms with van der Waals surface area (Å²) in [6.07, 6.45) is 4.14. The topological polar surface area (TPSA) is 53.6 Å². The normalized spacial score (nSPS) is 13.4. The van der Waals surface area contributed by atoms with Crippen LogP contribution in [0.15, 0.2) is 6.20 Å². The van der Waals surface area contributed by atoms with Crippen LogP contribution in [0.4, 0.5) is 0 Å². The van der Waals surface area contributed by atoms with E-state index in [0.29, 0.717) is 6.04 Å². The molecule has 1 unspecified atom stereocenters. The fraction of sp³-hybridized carbons (Fsp3) is 0.800. The first-order valence-corrected chi connectivity index (χ1v) is 5.33. The van der Waals surface area contributed by atoms with Crippen LogP contribution in [0, 0.1) is 5.92 Å². The molecule has 0 radical (unpaired) electrons. The Bertz CT molecular complexity index is 230. The minimum Gasteiger partial charge on any atom is -0.309 e. The van der Waals surface area contributed by atoms with Gasteiger partial charge in [-0.2, -0.15) is 15.4 Å². The van der Waals surface area contributed by atoms with Gasteiger partial charge in [0.15, 0.2) is 0 Å². The molecule has 80 valence electrons. The zero-order valence-corrected chi connectivity index (χ0v) is 9.25. The molecule has 4 nitrogen and oxygen atoms in total. The molecule has 0 saturated heterocycles. The van der Waals surface area contributed by atoms with E-state index >= 15 is 0 Å². The fourth-order valence-corrected chi connectivity index (χ4v) is 1.48. The highest BCUT2D eigenvalue weighted by atomic mass is 15.3. The molecule has 1 aromatic rings. The first-order chi connectivity index (χ1) is 6.74. The Morgan fingerprint density at radius 3 is 2.71 bits per heavy atom. The summed E-state index contributed by atoms with van der Waals surface area (Å²) in [4.78, 5) is 0. The van der Waals surface area contributed by atoms with Crippen LogP contribution in [-0.2, 0) is 0 Å². The molecule has 0 aromatic carbocycles. The first-order valence-electron chi connectivity index (χ1n) is 5.33. The van der Waals surface area contributed by atoms with E-state index in [1.807, 2.05) is 0 Å². The van der Waals surface area contributed by atoms with E-state index in [1.54, 1.807) is 6.20 Å². The van der Waals surface area contributed by atoms with Crippen molar-refractivity contribution >= 4 is 0 Å². The van der Waals surface area contributed by atoms with Gasteiger partial charge in [0.2, 0.25) is 0 Å². The van der Waals surface area contributed by atoms with Gasteiger partial charge in [-0.05, 0) is 25.3 Å². The molecule has 0 fully saturated rings. The molecule has 0 aliphatic rings. The van der Waals surface area contributed by atoms with Gasteiger partial charge in [0.1, 0.15) is 0 Å². The highest BCUT2D eigenvalue weighted by Crippen LogP contribution is 2.17. The van der Waals surface area contributed by atoms with Crippen molar-refractivity contribution in [3.63, 3.8) is 0 Å². The summed E-state index contributed by atoms with van der Waals surface area (Å²) in [5.41, 5.74) is 1.02. The Balaban J connectivity index is 2.47. The second-order valence-electron chi connectivity index (χ2n) is 3.98. The van der Waals surface area contributed by atoms with Crippen LogP contribution >= 0.6 is 0 Å². The molecule has 0 saturated carbocycles. The van der Waals surface area contributed by atoms with E-state index in [0.717, 1.165) is 24.6 Å². The van der Waals surface area contributed by atoms with Crippen molar-refractivity contribution in [3.8, 4) is 0 Å². The summed E-state index contributed by atoms with van der Waals surface area (Å²) in [7, 11) is 0. The molecule has 1 aromatic heterocycles. The van der Waals surface area contributed by atoms with E-state index in [4.69, 9.17) is 0 Å². The molecule has 1 rings (SSSR count). The van der Waals surface area contributed by atoms with Gasteiger partial charge >= 0.3 is 0 Å². The Labute approximate surface area is 85.5 Å². The Morgan fingerprint density at radius 1 is 1.43 bits per heavy atom. The SMILES string of the molecule is CCNC(CCC(C)C)c1cn[nH]n1. The lowest BCUT2D eigenvalue weighted by molar-refractivity contribution is 0.441. The zero-order chi connectivity index (χ0) is 10.4. The second-order valence-corrected chi connectivity index (χ2v) is 3.98. The minimum absolute atomic E-state index is 0.348. The van der Waals surface area contributed by atoms with Crippen LogP contribution in [0.1, 0.15) is 45.3 Å². The molecule has 2 N–H and O–H groups in total. The van der Waals surface area contributed by atoms with Gasteiger partial charge in [-0.25, -0.2) is 0 Å². The lowest BCUT2D eigenvalue weighted by Gasteiger charge is -2.15. The van der Waals surface area contributed by atoms with Crippen molar-refractivity contribution in [2.24, 2.45) is 5.92 Å². The molecular weight excluding hydrogens is 176 g/mol. The second kappa shape index (κ2) is 5.75. The summed E-state index contributed by atoms with van der Waals surface area (Å²) in [5, 5.41) is 14.0. The van der Waals surface area contributed by atoms with Crippen molar-refractivity contribution in [3.05, 3.63) is 11.9 Å². The van der Waals surface area contributed by atoms with E-state index < -0.39 is 0 Å². The lowest BCUT2D eigenvalue weighted by Crippen LogP contribution is -2.21. The average Bonchev–Trinajstić information content (AvgIpc) is 2.64. The molecule has 1 atom stereocenters. The molecule has 1 heterocycles. The number of hydrogen-bond donors (Lipinski definition) is 2. The third-order valence-electron chi connectivity index (χ3n) is 2.27. The van der Waals surface area contributed by atoms with Crippen LogP contribution < -0.4 is 5.32 Å². The number of nitrogens with one attached hydrogen (secondary N) is 2. The summed E-state index contributed by atoms with van der Waals surface area (Å²) >= 11 is 0. The fourth-order valence-electron chi connectivity index (χ4n) is 1.48. The van der Waals surface area contributed by atoms with Gasteiger partial charge in [-0.15, -0.1) is 0 Å². The summed E-state index contributed by atoms with van der Waals surface area (Å²) < 4.78 is 0. The summed E-state index contributed by atoms with van der Waals surface area (Å²) in [6, 6.07) is 0.348. The Hall–Kier alpha value is -0.900. The smallest absolute Gasteiger partial charge is 0.0993 e. The maximum absolute atomic E-state index is 4.11. The van der Waals surface area contributed by atoms with E-state index in [-0.39, 0.29) is 0 Å². The number of aromatic nitrogens is 3. The quantitative estimate of drug-likeness (QED) is 0.730. The van der Waals surface area contributed by atoms with Crippen LogP contribution in [0.5, 0.6) is 0 Å². The van der Waals surface area contributed by atoms with Crippen molar-refractivity contribution in [2.75, 3.05) is 6.54 Å². The molecule has 0 bridgehead atoms. The standard InChI is InChI=1S/C10H20N4/c1-4-11-9(6-5-8(2)3)10-7-12-14-13-10/h7-9,11H,4-6H2,1-3H3,(H,12,13,14). The van der Waals surface area contributed by atoms with Crippen LogP contribution in [0.3, 0.4) is 0 Å². The van der Waals surface area contributed by atoms with E-state index in [1.165, 1.54) is 6.42 Å². The Kier molecular flexibility index (Phi) is 4.59. The van der Waals surface area contributed by atoms with Gasteiger partial charge in [0.05, 0.1) is 17.9 Å². The maximum Gasteiger partial charge on any atom is 0.0993 e. The van der Waals surface area contributed by atoms with Crippen molar-refractivity contribution in [1.29, 1.82) is 0 Å². The van der Waals surface area contributed by atoms with Gasteiger partial charge in [-0.1, -0.05) is 20.8 Å². The van der Waals surface area contributed by atoms with Crippen LogP contribution in [-0.4, -0.2) is 22.0 Å². The molecule has 0 aliphatic heterocycles. The minimum atomic E-state index is 0.348. The van der Waals surface area contributed by atoms with E-state index in [9.17, 15) is 0 Å². The monoisotopic (exact) mass is 196 g/mol. The highest BCUT2D eigenvalue weighted by molar-refractivity contribution is 4.99. The van der Waals surface area contributed by atoms with Gasteiger partial charge in [0, 0.05) is 0 Å². The number of H-pyrrole nitrogens is 1. The zero-order valence-electron chi connectivity index (χ0n) is 9.25. The number of nitrogens with zero attached hydrogens (tertiary/aromatic N) is 2. The van der Waals surface area contributed by atoms with Crippen molar-refractivity contribution in [1.82, 2.24) is 20.7 Å². The number of hydrogen-bond acceptors (Lipinski definition) is 3.